The average Bonchev–Trinajstić information content (AvgIpc) is 3.85. The monoisotopic (exact) mass is 751 g/mol. The molecule has 1 spiro atoms. The number of halogens is 1. The number of anilines is 1. The molecular weight excluding hydrogens is 698 g/mol. The Morgan fingerprint density at radius 2 is 1.91 bits per heavy atom. The molecule has 0 saturated carbocycles. The molecular formula is C44H54ClN5O4. The van der Waals surface area contributed by atoms with Crippen LogP contribution in [0.2, 0.25) is 0 Å². The summed E-state index contributed by atoms with van der Waals surface area (Å²) >= 11 is 0. The van der Waals surface area contributed by atoms with Crippen LogP contribution in [0.3, 0.4) is 0 Å². The van der Waals surface area contributed by atoms with Crippen LogP contribution in [0.5, 0.6) is 5.75 Å². The number of nitrogens with zero attached hydrogens (tertiary/aromatic N) is 3. The highest BCUT2D eigenvalue weighted by atomic mass is 35.5. The van der Waals surface area contributed by atoms with Crippen molar-refractivity contribution in [1.29, 1.82) is 0 Å². The zero-order valence-electron chi connectivity index (χ0n) is 32.5. The largest absolute Gasteiger partial charge is 0.496 e. The average molecular weight is 752 g/mol. The van der Waals surface area contributed by atoms with Gasteiger partial charge in [-0.1, -0.05) is 61.9 Å². The molecule has 10 heteroatoms. The summed E-state index contributed by atoms with van der Waals surface area (Å²) in [5.41, 5.74) is 6.57. The van der Waals surface area contributed by atoms with Gasteiger partial charge in [0, 0.05) is 96.6 Å². The number of nitrogens with one attached hydrogen (secondary N) is 2. The molecule has 9 rings (SSSR count). The Labute approximate surface area is 325 Å². The van der Waals surface area contributed by atoms with E-state index < -0.39 is 10.8 Å². The van der Waals surface area contributed by atoms with Crippen LogP contribution >= 0.6 is 12.4 Å². The van der Waals surface area contributed by atoms with Gasteiger partial charge in [0.15, 0.2) is 0 Å². The van der Waals surface area contributed by atoms with Crippen molar-refractivity contribution in [3.8, 4) is 5.75 Å². The van der Waals surface area contributed by atoms with Crippen LogP contribution in [0.4, 0.5) is 5.69 Å². The number of hydrogen-bond donors (Lipinski definition) is 2. The number of aromatic amines is 1. The number of aromatic nitrogens is 1. The van der Waals surface area contributed by atoms with Crippen molar-refractivity contribution in [2.24, 2.45) is 11.3 Å². The Morgan fingerprint density at radius 3 is 2.65 bits per heavy atom. The Bertz CT molecular complexity index is 2120. The van der Waals surface area contributed by atoms with Crippen LogP contribution < -0.4 is 15.0 Å². The number of H-pyrrole nitrogens is 1. The fraction of sp³-hybridized carbons (Fsp3) is 0.500. The van der Waals surface area contributed by atoms with Gasteiger partial charge in [-0.15, -0.1) is 12.4 Å². The first kappa shape index (κ1) is 36.9. The van der Waals surface area contributed by atoms with E-state index in [9.17, 15) is 4.79 Å². The van der Waals surface area contributed by atoms with E-state index in [1.54, 1.807) is 14.2 Å². The van der Waals surface area contributed by atoms with E-state index in [4.69, 9.17) is 9.47 Å². The van der Waals surface area contributed by atoms with Crippen molar-refractivity contribution in [3.63, 3.8) is 0 Å². The molecule has 286 valence electrons. The van der Waals surface area contributed by atoms with Crippen molar-refractivity contribution in [3.05, 3.63) is 94.2 Å². The Balaban J connectivity index is 0.00000413. The fourth-order valence-electron chi connectivity index (χ4n) is 12.0. The zero-order valence-corrected chi connectivity index (χ0v) is 33.3. The summed E-state index contributed by atoms with van der Waals surface area (Å²) in [6.45, 7) is 9.07. The summed E-state index contributed by atoms with van der Waals surface area (Å²) in [4.78, 5) is 40.5. The summed E-state index contributed by atoms with van der Waals surface area (Å²) in [5, 5.41) is 4.15. The van der Waals surface area contributed by atoms with E-state index >= 15 is 4.79 Å². The quantitative estimate of drug-likeness (QED) is 0.234. The smallest absolute Gasteiger partial charge is 0.322 e. The molecule has 5 aliphatic heterocycles. The number of carbonyl (C=O) groups excluding carboxylic acids is 2. The normalized spacial score (nSPS) is 32.1. The standard InChI is InChI=1S/C44H53N5O4.ClH/c1-7-27-20-28-23-44(41(51)53-6,37-30(14-18-48(25-27)26-28)29-12-9-10-13-34(29)46-37)33-21-32-35(22-36(33)52-5)47(4)38-31(39(50)45-3)24-42(8-2)15-11-17-49-19-16-43(32,38)40(42)49;/h9-13,15,20-22,24,28,38,40,46H,7-8,14,16-19,23,25-26H2,1-6H3,(H,45,50);1H/t28-,38+,40+,42+,43+,44+;/m1./s1. The van der Waals surface area contributed by atoms with Crippen molar-refractivity contribution >= 4 is 40.9 Å². The van der Waals surface area contributed by atoms with Crippen LogP contribution in [0, 0.1) is 11.3 Å². The minimum atomic E-state index is -1.19. The third-order valence-corrected chi connectivity index (χ3v) is 14.2. The molecule has 1 aromatic heterocycles. The Morgan fingerprint density at radius 1 is 1.09 bits per heavy atom. The Kier molecular flexibility index (Phi) is 9.10. The lowest BCUT2D eigenvalue weighted by molar-refractivity contribution is -0.146. The molecule has 9 nitrogen and oxygen atoms in total. The van der Waals surface area contributed by atoms with Gasteiger partial charge in [0.05, 0.1) is 20.3 Å². The zero-order chi connectivity index (χ0) is 36.9. The lowest BCUT2D eigenvalue weighted by Crippen LogP contribution is -2.63. The van der Waals surface area contributed by atoms with Gasteiger partial charge in [-0.05, 0) is 67.8 Å². The van der Waals surface area contributed by atoms with Gasteiger partial charge in [0.25, 0.3) is 0 Å². The van der Waals surface area contributed by atoms with Crippen LogP contribution in [-0.2, 0) is 31.6 Å². The maximum absolute atomic E-state index is 15.2. The third kappa shape index (κ3) is 4.83. The molecule has 1 fully saturated rings. The summed E-state index contributed by atoms with van der Waals surface area (Å²) in [7, 11) is 7.12. The van der Waals surface area contributed by atoms with Crippen molar-refractivity contribution in [1.82, 2.24) is 20.1 Å². The SMILES string of the molecule is CCC1=C[C@H]2CN(CCc3c([nH]c4ccccc34)[C@@](C(=O)OC)(c3cc4c(cc3OC)N(C)[C@H]3C(C(=O)NC)=C[C@]5(CC)C=CCN6CC[C@]43[C@@H]65)C2)C1.Cl. The van der Waals surface area contributed by atoms with E-state index in [1.165, 1.54) is 23.8 Å². The summed E-state index contributed by atoms with van der Waals surface area (Å²) in [6, 6.07) is 12.9. The molecule has 3 aromatic rings. The number of methoxy groups -OCH3 is 2. The maximum atomic E-state index is 15.2. The van der Waals surface area contributed by atoms with Gasteiger partial charge >= 0.3 is 5.97 Å². The van der Waals surface area contributed by atoms with E-state index in [0.717, 1.165) is 91.8 Å². The molecule has 0 radical (unpaired) electrons. The van der Waals surface area contributed by atoms with Crippen LogP contribution in [-0.4, -0.2) is 99.8 Å². The van der Waals surface area contributed by atoms with Gasteiger partial charge < -0.3 is 24.7 Å². The predicted molar refractivity (Wildman–Crippen MR) is 216 cm³/mol. The number of benzene rings is 2. The van der Waals surface area contributed by atoms with Gasteiger partial charge in [-0.25, -0.2) is 0 Å². The van der Waals surface area contributed by atoms with E-state index in [2.05, 4.69) is 107 Å². The molecule has 6 aliphatic rings. The van der Waals surface area contributed by atoms with Gasteiger partial charge in [-0.3, -0.25) is 19.4 Å². The lowest BCUT2D eigenvalue weighted by atomic mass is 9.54. The first-order chi connectivity index (χ1) is 25.7. The highest BCUT2D eigenvalue weighted by Crippen LogP contribution is 2.65. The molecule has 1 saturated heterocycles. The second-order valence-electron chi connectivity index (χ2n) is 16.4. The summed E-state index contributed by atoms with van der Waals surface area (Å²) < 4.78 is 12.4. The van der Waals surface area contributed by atoms with E-state index in [1.807, 2.05) is 0 Å². The van der Waals surface area contributed by atoms with Crippen LogP contribution in [0.15, 0.2) is 71.8 Å². The van der Waals surface area contributed by atoms with Gasteiger partial charge in [0.2, 0.25) is 5.91 Å². The van der Waals surface area contributed by atoms with Crippen molar-refractivity contribution < 1.29 is 19.1 Å². The lowest BCUT2D eigenvalue weighted by Gasteiger charge is -2.55. The minimum Gasteiger partial charge on any atom is -0.496 e. The fourth-order valence-corrected chi connectivity index (χ4v) is 12.0. The molecule has 1 unspecified atom stereocenters. The molecule has 2 bridgehead atoms. The van der Waals surface area contributed by atoms with Crippen LogP contribution in [0.25, 0.3) is 10.9 Å². The summed E-state index contributed by atoms with van der Waals surface area (Å²) in [5.74, 6) is 0.478. The number of para-hydroxylation sites is 1. The molecule has 1 aliphatic carbocycles. The number of likely N-dealkylation sites (N-methyl/N-ethyl adjacent to an activating group) is 2. The molecule has 1 amide bonds. The van der Waals surface area contributed by atoms with Crippen molar-refractivity contribution in [2.45, 2.75) is 68.9 Å². The first-order valence-electron chi connectivity index (χ1n) is 19.6. The van der Waals surface area contributed by atoms with E-state index in [-0.39, 0.29) is 47.7 Å². The Hall–Kier alpha value is -4.05. The number of rotatable bonds is 6. The molecule has 2 N–H and O–H groups in total. The second kappa shape index (κ2) is 13.3. The molecule has 2 aromatic carbocycles. The number of hydrogen-bond acceptors (Lipinski definition) is 7. The first-order valence-corrected chi connectivity index (χ1v) is 19.6. The van der Waals surface area contributed by atoms with Crippen molar-refractivity contribution in [2.75, 3.05) is 65.9 Å². The predicted octanol–water partition coefficient (Wildman–Crippen LogP) is 6.05. The second-order valence-corrected chi connectivity index (χ2v) is 16.4. The third-order valence-electron chi connectivity index (χ3n) is 14.2. The number of amides is 1. The number of ether oxygens (including phenoxy) is 2. The van der Waals surface area contributed by atoms with Gasteiger partial charge in [0.1, 0.15) is 11.2 Å². The van der Waals surface area contributed by atoms with E-state index in [0.29, 0.717) is 12.2 Å². The topological polar surface area (TPSA) is 90.1 Å². The minimum absolute atomic E-state index is 0. The molecule has 6 heterocycles. The highest BCUT2D eigenvalue weighted by Gasteiger charge is 2.68. The number of fused-ring (bicyclic) bond motifs is 6. The molecule has 7 atom stereocenters. The highest BCUT2D eigenvalue weighted by molar-refractivity contribution is 5.98. The van der Waals surface area contributed by atoms with Gasteiger partial charge in [-0.2, -0.15) is 0 Å². The summed E-state index contributed by atoms with van der Waals surface area (Å²) in [6.07, 6.45) is 13.5. The maximum Gasteiger partial charge on any atom is 0.322 e. The van der Waals surface area contributed by atoms with Crippen LogP contribution in [0.1, 0.15) is 61.9 Å². The number of carbonyl (C=O) groups is 2. The molecule has 54 heavy (non-hydrogen) atoms. The number of esters is 1.